The number of phenols is 1. The number of amides is 1. The number of rotatable bonds is 9. The predicted molar refractivity (Wildman–Crippen MR) is 162 cm³/mol. The smallest absolute Gasteiger partial charge is 0.350 e. The van der Waals surface area contributed by atoms with Crippen LogP contribution in [0.2, 0.25) is 0 Å². The van der Waals surface area contributed by atoms with E-state index in [4.69, 9.17) is 9.47 Å². The van der Waals surface area contributed by atoms with Crippen molar-refractivity contribution in [3.8, 4) is 11.5 Å². The molecule has 10 heteroatoms. The van der Waals surface area contributed by atoms with Gasteiger partial charge in [-0.3, -0.25) is 14.5 Å². The van der Waals surface area contributed by atoms with Crippen LogP contribution in [0.3, 0.4) is 0 Å². The number of aromatic hydroxyl groups is 1. The van der Waals surface area contributed by atoms with E-state index in [1.165, 1.54) is 18.2 Å². The average molecular weight is 597 g/mol. The van der Waals surface area contributed by atoms with Crippen molar-refractivity contribution in [3.63, 3.8) is 0 Å². The topological polar surface area (TPSA) is 126 Å². The maximum Gasteiger partial charge on any atom is 0.350 e. The van der Waals surface area contributed by atoms with Crippen molar-refractivity contribution in [1.82, 2.24) is 4.98 Å². The number of esters is 1. The van der Waals surface area contributed by atoms with E-state index in [9.17, 15) is 24.6 Å². The van der Waals surface area contributed by atoms with Crippen LogP contribution in [0.25, 0.3) is 5.76 Å². The average Bonchev–Trinajstić information content (AvgIpc) is 3.51. The number of ketones is 1. The first kappa shape index (κ1) is 29.3. The summed E-state index contributed by atoms with van der Waals surface area (Å²) in [5.41, 5.74) is 2.64. The minimum absolute atomic E-state index is 0.000961. The summed E-state index contributed by atoms with van der Waals surface area (Å²) < 4.78 is 11.1. The van der Waals surface area contributed by atoms with Crippen LogP contribution in [-0.4, -0.2) is 39.5 Å². The molecule has 9 nitrogen and oxygen atoms in total. The third kappa shape index (κ3) is 5.91. The number of nitrogens with zero attached hydrogens (tertiary/aromatic N) is 2. The Labute approximate surface area is 252 Å². The number of aliphatic hydroxyl groups is 1. The lowest BCUT2D eigenvalue weighted by Crippen LogP contribution is -2.29. The van der Waals surface area contributed by atoms with Gasteiger partial charge < -0.3 is 19.7 Å². The molecule has 4 aromatic rings. The van der Waals surface area contributed by atoms with Gasteiger partial charge in [-0.25, -0.2) is 9.78 Å². The minimum Gasteiger partial charge on any atom is -0.508 e. The van der Waals surface area contributed by atoms with Crippen molar-refractivity contribution in [2.75, 3.05) is 11.5 Å². The van der Waals surface area contributed by atoms with Crippen LogP contribution in [0, 0.1) is 13.8 Å². The second-order valence-electron chi connectivity index (χ2n) is 9.81. The van der Waals surface area contributed by atoms with Gasteiger partial charge in [-0.15, -0.1) is 0 Å². The number of phenolic OH excluding ortho intramolecular Hbond substituents is 1. The Morgan fingerprint density at radius 1 is 1.07 bits per heavy atom. The first-order valence-electron chi connectivity index (χ1n) is 13.3. The van der Waals surface area contributed by atoms with Crippen LogP contribution in [0.5, 0.6) is 11.5 Å². The molecule has 2 N–H and O–H groups in total. The molecule has 0 spiro atoms. The van der Waals surface area contributed by atoms with E-state index in [1.807, 2.05) is 37.3 Å². The first-order valence-corrected chi connectivity index (χ1v) is 14.1. The fourth-order valence-electron chi connectivity index (χ4n) is 4.73. The predicted octanol–water partition coefficient (Wildman–Crippen LogP) is 6.01. The Morgan fingerprint density at radius 3 is 2.47 bits per heavy atom. The molecule has 5 rings (SSSR count). The molecule has 1 aliphatic rings. The maximum atomic E-state index is 13.5. The molecule has 1 atom stereocenters. The van der Waals surface area contributed by atoms with Crippen molar-refractivity contribution in [3.05, 3.63) is 124 Å². The third-order valence-corrected chi connectivity index (χ3v) is 7.98. The summed E-state index contributed by atoms with van der Waals surface area (Å²) in [7, 11) is 0. The van der Waals surface area contributed by atoms with Crippen molar-refractivity contribution in [2.24, 2.45) is 0 Å². The zero-order valence-corrected chi connectivity index (χ0v) is 24.3. The quantitative estimate of drug-likeness (QED) is 0.0791. The van der Waals surface area contributed by atoms with Gasteiger partial charge in [-0.1, -0.05) is 66.5 Å². The fraction of sp³-hybridized carbons (Fsp3) is 0.152. The zero-order valence-electron chi connectivity index (χ0n) is 23.4. The molecule has 1 fully saturated rings. The molecule has 2 heterocycles. The zero-order chi connectivity index (χ0) is 30.7. The molecular formula is C33H28N2O7S. The number of hydrogen-bond donors (Lipinski definition) is 2. The highest BCUT2D eigenvalue weighted by Crippen LogP contribution is 2.44. The van der Waals surface area contributed by atoms with Gasteiger partial charge >= 0.3 is 11.9 Å². The van der Waals surface area contributed by atoms with Crippen molar-refractivity contribution in [1.29, 1.82) is 0 Å². The van der Waals surface area contributed by atoms with Crippen molar-refractivity contribution in [2.45, 2.75) is 26.5 Å². The molecule has 0 bridgehead atoms. The molecule has 43 heavy (non-hydrogen) atoms. The lowest BCUT2D eigenvalue weighted by atomic mass is 9.95. The summed E-state index contributed by atoms with van der Waals surface area (Å²) in [4.78, 5) is 45.3. The molecule has 1 aromatic heterocycles. The summed E-state index contributed by atoms with van der Waals surface area (Å²) in [5, 5.41) is 21.5. The van der Waals surface area contributed by atoms with Crippen LogP contribution in [-0.2, 0) is 20.9 Å². The Morgan fingerprint density at radius 2 is 1.79 bits per heavy atom. The Balaban J connectivity index is 1.55. The number of aromatic nitrogens is 1. The lowest BCUT2D eigenvalue weighted by molar-refractivity contribution is -0.132. The van der Waals surface area contributed by atoms with Gasteiger partial charge in [0.25, 0.3) is 5.78 Å². The molecule has 1 aliphatic heterocycles. The Hall–Kier alpha value is -5.22. The van der Waals surface area contributed by atoms with E-state index in [0.717, 1.165) is 21.8 Å². The van der Waals surface area contributed by atoms with Gasteiger partial charge in [0.15, 0.2) is 5.13 Å². The standard InChI is InChI=1S/C33H28N2O7S/c1-4-16-41-32(40)30-20(3)34-33(43-30)35-27(22-10-13-24(36)14-11-22)26(29(38)31(35)39)28(37)23-12-15-25(19(2)17-23)42-18-21-8-6-5-7-9-21/h4-15,17,27,36-37H,1,16,18H2,2-3H3/t27-/m0/s1. The highest BCUT2D eigenvalue weighted by Gasteiger charge is 2.48. The number of aryl methyl sites for hydroxylation is 2. The molecule has 1 saturated heterocycles. The van der Waals surface area contributed by atoms with Crippen LogP contribution in [0.4, 0.5) is 5.13 Å². The summed E-state index contributed by atoms with van der Waals surface area (Å²) in [5.74, 6) is -2.26. The molecule has 218 valence electrons. The van der Waals surface area contributed by atoms with Crippen molar-refractivity contribution >= 4 is 39.9 Å². The van der Waals surface area contributed by atoms with Gasteiger partial charge in [0.2, 0.25) is 0 Å². The number of benzene rings is 3. The number of thiazole rings is 1. The van der Waals surface area contributed by atoms with E-state index in [-0.39, 0.29) is 33.7 Å². The Bertz CT molecular complexity index is 1740. The molecule has 0 unspecified atom stereocenters. The highest BCUT2D eigenvalue weighted by atomic mass is 32.1. The van der Waals surface area contributed by atoms with Gasteiger partial charge in [0, 0.05) is 5.56 Å². The number of carbonyl (C=O) groups excluding carboxylic acids is 3. The van der Waals surface area contributed by atoms with Crippen LogP contribution < -0.4 is 9.64 Å². The van der Waals surface area contributed by atoms with E-state index < -0.39 is 23.7 Å². The number of anilines is 1. The molecule has 0 aliphatic carbocycles. The van der Waals surface area contributed by atoms with Gasteiger partial charge in [0.05, 0.1) is 17.3 Å². The van der Waals surface area contributed by atoms with Crippen LogP contribution in [0.1, 0.15) is 43.7 Å². The summed E-state index contributed by atoms with van der Waals surface area (Å²) in [6, 6.07) is 19.5. The maximum absolute atomic E-state index is 13.5. The summed E-state index contributed by atoms with van der Waals surface area (Å²) in [6.45, 7) is 7.30. The van der Waals surface area contributed by atoms with Crippen LogP contribution in [0.15, 0.2) is 91.0 Å². The van der Waals surface area contributed by atoms with Gasteiger partial charge in [-0.05, 0) is 60.9 Å². The van der Waals surface area contributed by atoms with E-state index in [0.29, 0.717) is 34.7 Å². The minimum atomic E-state index is -1.09. The molecule has 0 radical (unpaired) electrons. The SMILES string of the molecule is C=CCOC(=O)c1sc(N2C(=O)C(=O)C(=C(O)c3ccc(OCc4ccccc4)c(C)c3)[C@@H]2c2ccc(O)cc2)nc1C. The molecule has 1 amide bonds. The number of Topliss-reactive ketones (excluding diaryl/α,β-unsaturated/α-hetero) is 1. The van der Waals surface area contributed by atoms with E-state index in [1.54, 1.807) is 37.3 Å². The normalized spacial score (nSPS) is 15.9. The number of hydrogen-bond acceptors (Lipinski definition) is 9. The third-order valence-electron chi connectivity index (χ3n) is 6.85. The van der Waals surface area contributed by atoms with Crippen molar-refractivity contribution < 1.29 is 34.1 Å². The second kappa shape index (κ2) is 12.3. The van der Waals surface area contributed by atoms with Crippen LogP contribution >= 0.6 is 11.3 Å². The lowest BCUT2D eigenvalue weighted by Gasteiger charge is -2.23. The highest BCUT2D eigenvalue weighted by molar-refractivity contribution is 7.17. The Kier molecular flexibility index (Phi) is 8.40. The monoisotopic (exact) mass is 596 g/mol. The van der Waals surface area contributed by atoms with E-state index >= 15 is 0 Å². The number of carbonyl (C=O) groups is 3. The second-order valence-corrected chi connectivity index (χ2v) is 10.8. The summed E-state index contributed by atoms with van der Waals surface area (Å²) >= 11 is 0.903. The fourth-order valence-corrected chi connectivity index (χ4v) is 5.71. The van der Waals surface area contributed by atoms with Gasteiger partial charge in [0.1, 0.15) is 35.3 Å². The molecule has 0 saturated carbocycles. The first-order chi connectivity index (χ1) is 20.7. The summed E-state index contributed by atoms with van der Waals surface area (Å²) in [6.07, 6.45) is 1.43. The number of ether oxygens (including phenoxy) is 2. The van der Waals surface area contributed by atoms with E-state index in [2.05, 4.69) is 11.6 Å². The number of aliphatic hydroxyl groups excluding tert-OH is 1. The molecular weight excluding hydrogens is 568 g/mol. The molecule has 3 aromatic carbocycles. The van der Waals surface area contributed by atoms with Gasteiger partial charge in [-0.2, -0.15) is 0 Å². The largest absolute Gasteiger partial charge is 0.508 e.